The second kappa shape index (κ2) is 11.4. The van der Waals surface area contributed by atoms with Gasteiger partial charge >= 0.3 is 0 Å². The Balaban J connectivity index is 1.62. The average Bonchev–Trinajstić information content (AvgIpc) is 2.77. The van der Waals surface area contributed by atoms with Crippen LogP contribution in [0.25, 0.3) is 0 Å². The van der Waals surface area contributed by atoms with E-state index in [-0.39, 0.29) is 12.5 Å². The third-order valence-electron chi connectivity index (χ3n) is 5.17. The highest BCUT2D eigenvalue weighted by atomic mass is 32.2. The summed E-state index contributed by atoms with van der Waals surface area (Å²) in [5.74, 6) is -0.0353. The summed E-state index contributed by atoms with van der Waals surface area (Å²) >= 11 is 1.53. The minimum Gasteiger partial charge on any atom is -0.352 e. The van der Waals surface area contributed by atoms with Crippen molar-refractivity contribution in [2.45, 2.75) is 48.3 Å². The lowest BCUT2D eigenvalue weighted by molar-refractivity contribution is -0.120. The average molecular weight is 459 g/mol. The number of para-hydroxylation sites is 1. The molecule has 1 amide bonds. The van der Waals surface area contributed by atoms with E-state index in [4.69, 9.17) is 0 Å². The van der Waals surface area contributed by atoms with Crippen LogP contribution in [0.5, 0.6) is 0 Å². The minimum absolute atomic E-state index is 0.0353. The normalized spacial score (nSPS) is 14.0. The van der Waals surface area contributed by atoms with Gasteiger partial charge in [0.15, 0.2) is 0 Å². The number of allylic oxidation sites excluding steroid dienone is 1. The summed E-state index contributed by atoms with van der Waals surface area (Å²) in [6, 6.07) is 17.4. The molecule has 0 bridgehead atoms. The lowest BCUT2D eigenvalue weighted by Gasteiger charge is -2.24. The van der Waals surface area contributed by atoms with Gasteiger partial charge in [0.25, 0.3) is 0 Å². The smallest absolute Gasteiger partial charge is 0.232 e. The highest BCUT2D eigenvalue weighted by Gasteiger charge is 2.21. The quantitative estimate of drug-likeness (QED) is 0.509. The van der Waals surface area contributed by atoms with Crippen molar-refractivity contribution < 1.29 is 13.2 Å². The molecular formula is C24H30N2O3S2. The summed E-state index contributed by atoms with van der Waals surface area (Å²) < 4.78 is 26.5. The zero-order valence-electron chi connectivity index (χ0n) is 17.9. The predicted octanol–water partition coefficient (Wildman–Crippen LogP) is 5.00. The zero-order valence-corrected chi connectivity index (χ0v) is 19.6. The number of rotatable bonds is 10. The van der Waals surface area contributed by atoms with Gasteiger partial charge in [-0.2, -0.15) is 0 Å². The molecule has 0 radical (unpaired) electrons. The molecule has 5 nitrogen and oxygen atoms in total. The van der Waals surface area contributed by atoms with Crippen molar-refractivity contribution in [3.05, 3.63) is 66.2 Å². The second-order valence-electron chi connectivity index (χ2n) is 7.71. The van der Waals surface area contributed by atoms with Crippen LogP contribution in [0.15, 0.2) is 76.0 Å². The first-order valence-electron chi connectivity index (χ1n) is 10.7. The maximum absolute atomic E-state index is 12.6. The van der Waals surface area contributed by atoms with E-state index in [1.54, 1.807) is 0 Å². The monoisotopic (exact) mass is 458 g/mol. The summed E-state index contributed by atoms with van der Waals surface area (Å²) in [7, 11) is -3.48. The first kappa shape index (κ1) is 23.4. The van der Waals surface area contributed by atoms with Crippen molar-refractivity contribution >= 4 is 33.4 Å². The fourth-order valence-corrected chi connectivity index (χ4v) is 5.59. The van der Waals surface area contributed by atoms with Crippen LogP contribution in [0.4, 0.5) is 5.69 Å². The number of benzene rings is 2. The van der Waals surface area contributed by atoms with Gasteiger partial charge in [-0.05, 0) is 56.4 Å². The number of anilines is 1. The highest BCUT2D eigenvalue weighted by molar-refractivity contribution is 7.99. The maximum Gasteiger partial charge on any atom is 0.232 e. The van der Waals surface area contributed by atoms with Crippen molar-refractivity contribution in [3.63, 3.8) is 0 Å². The molecule has 2 aromatic rings. The molecule has 3 rings (SSSR count). The van der Waals surface area contributed by atoms with Crippen molar-refractivity contribution in [2.24, 2.45) is 0 Å². The Kier molecular flexibility index (Phi) is 8.60. The molecule has 0 heterocycles. The van der Waals surface area contributed by atoms with E-state index in [1.165, 1.54) is 40.7 Å². The molecule has 0 atom stereocenters. The van der Waals surface area contributed by atoms with Gasteiger partial charge in [-0.15, -0.1) is 0 Å². The van der Waals surface area contributed by atoms with Crippen molar-refractivity contribution in [2.75, 3.05) is 23.7 Å². The van der Waals surface area contributed by atoms with Crippen molar-refractivity contribution in [3.8, 4) is 0 Å². The first-order chi connectivity index (χ1) is 14.9. The Morgan fingerprint density at radius 2 is 1.81 bits per heavy atom. The summed E-state index contributed by atoms with van der Waals surface area (Å²) in [6.45, 7) is 0.868. The van der Waals surface area contributed by atoms with Gasteiger partial charge in [-0.25, -0.2) is 8.42 Å². The molecule has 7 heteroatoms. The summed E-state index contributed by atoms with van der Waals surface area (Å²) in [5.41, 5.74) is 1.94. The molecule has 1 aliphatic carbocycles. The van der Waals surface area contributed by atoms with Crippen LogP contribution in [0.2, 0.25) is 0 Å². The molecule has 2 aromatic carbocycles. The Bertz CT molecular complexity index is 1000. The number of carbonyl (C=O) groups excluding carboxylic acids is 1. The van der Waals surface area contributed by atoms with Crippen LogP contribution in [0.1, 0.15) is 38.5 Å². The van der Waals surface area contributed by atoms with Crippen molar-refractivity contribution in [1.29, 1.82) is 0 Å². The SMILES string of the molecule is CS(=O)(=O)N(CCCC(=O)NCC1=CCCCC1)c1ccccc1Sc1ccccc1. The van der Waals surface area contributed by atoms with Crippen LogP contribution in [0, 0.1) is 0 Å². The number of nitrogens with one attached hydrogen (secondary N) is 1. The predicted molar refractivity (Wildman–Crippen MR) is 128 cm³/mol. The Hall–Kier alpha value is -2.25. The van der Waals surface area contributed by atoms with E-state index in [1.807, 2.05) is 54.6 Å². The van der Waals surface area contributed by atoms with E-state index in [2.05, 4.69) is 11.4 Å². The molecule has 31 heavy (non-hydrogen) atoms. The third kappa shape index (κ3) is 7.43. The van der Waals surface area contributed by atoms with E-state index in [0.717, 1.165) is 22.6 Å². The number of hydrogen-bond donors (Lipinski definition) is 1. The van der Waals surface area contributed by atoms with Gasteiger partial charge in [0.2, 0.25) is 15.9 Å². The van der Waals surface area contributed by atoms with Gasteiger partial charge in [0, 0.05) is 29.3 Å². The molecule has 166 valence electrons. The number of nitrogens with zero attached hydrogens (tertiary/aromatic N) is 1. The lowest BCUT2D eigenvalue weighted by Crippen LogP contribution is -2.32. The minimum atomic E-state index is -3.48. The maximum atomic E-state index is 12.6. The number of amides is 1. The second-order valence-corrected chi connectivity index (χ2v) is 10.7. The van der Waals surface area contributed by atoms with Crippen LogP contribution in [-0.4, -0.2) is 33.7 Å². The molecule has 1 aliphatic rings. The number of hydrogen-bond acceptors (Lipinski definition) is 4. The summed E-state index contributed by atoms with van der Waals surface area (Å²) in [6.07, 6.45) is 8.75. The van der Waals surface area contributed by atoms with Crippen LogP contribution < -0.4 is 9.62 Å². The Labute approximate surface area is 190 Å². The van der Waals surface area contributed by atoms with Crippen LogP contribution >= 0.6 is 11.8 Å². The van der Waals surface area contributed by atoms with Gasteiger partial charge in [0.1, 0.15) is 0 Å². The lowest BCUT2D eigenvalue weighted by atomic mass is 10.00. The molecule has 0 aliphatic heterocycles. The molecule has 0 aromatic heterocycles. The summed E-state index contributed by atoms with van der Waals surface area (Å²) in [5, 5.41) is 2.97. The molecule has 1 N–H and O–H groups in total. The molecule has 0 saturated carbocycles. The Morgan fingerprint density at radius 3 is 2.52 bits per heavy atom. The number of carbonyl (C=O) groups is 1. The molecule has 0 saturated heterocycles. The number of sulfonamides is 1. The third-order valence-corrected chi connectivity index (χ3v) is 7.42. The van der Waals surface area contributed by atoms with E-state index in [9.17, 15) is 13.2 Å². The van der Waals surface area contributed by atoms with E-state index in [0.29, 0.717) is 25.1 Å². The Morgan fingerprint density at radius 1 is 1.06 bits per heavy atom. The molecular weight excluding hydrogens is 428 g/mol. The van der Waals surface area contributed by atoms with Crippen molar-refractivity contribution in [1.82, 2.24) is 5.32 Å². The van der Waals surface area contributed by atoms with Gasteiger partial charge in [-0.3, -0.25) is 9.10 Å². The van der Waals surface area contributed by atoms with Gasteiger partial charge in [-0.1, -0.05) is 53.7 Å². The zero-order chi connectivity index (χ0) is 22.1. The standard InChI is InChI=1S/C24H30N2O3S2/c1-31(28,29)26(18-10-17-24(27)25-19-20-11-4-2-5-12-20)22-15-8-9-16-23(22)30-21-13-6-3-7-14-21/h3,6-9,11,13-16H,2,4-5,10,12,17-19H2,1H3,(H,25,27). The highest BCUT2D eigenvalue weighted by Crippen LogP contribution is 2.36. The topological polar surface area (TPSA) is 66.5 Å². The van der Waals surface area contributed by atoms with Crippen LogP contribution in [0.3, 0.4) is 0 Å². The molecule has 0 spiro atoms. The van der Waals surface area contributed by atoms with E-state index >= 15 is 0 Å². The first-order valence-corrected chi connectivity index (χ1v) is 13.3. The molecule has 0 unspecified atom stereocenters. The van der Waals surface area contributed by atoms with Crippen LogP contribution in [-0.2, 0) is 14.8 Å². The fraction of sp³-hybridized carbons (Fsp3) is 0.375. The largest absolute Gasteiger partial charge is 0.352 e. The molecule has 0 fully saturated rings. The summed E-state index contributed by atoms with van der Waals surface area (Å²) in [4.78, 5) is 14.2. The fourth-order valence-electron chi connectivity index (χ4n) is 3.58. The van der Waals surface area contributed by atoms with E-state index < -0.39 is 10.0 Å². The van der Waals surface area contributed by atoms with Gasteiger partial charge < -0.3 is 5.32 Å². The van der Waals surface area contributed by atoms with Gasteiger partial charge in [0.05, 0.1) is 11.9 Å².